The Labute approximate surface area is 317 Å². The van der Waals surface area contributed by atoms with Crippen LogP contribution in [0.15, 0.2) is 45.4 Å². The first-order chi connectivity index (χ1) is 26.0. The van der Waals surface area contributed by atoms with Gasteiger partial charge in [-0.15, -0.1) is 0 Å². The fourth-order valence-corrected chi connectivity index (χ4v) is 7.93. The van der Waals surface area contributed by atoms with Crippen molar-refractivity contribution in [2.24, 2.45) is 0 Å². The van der Waals surface area contributed by atoms with E-state index < -0.39 is 6.04 Å². The molecule has 13 nitrogen and oxygen atoms in total. The van der Waals surface area contributed by atoms with Crippen LogP contribution in [0.5, 0.6) is 0 Å². The molecule has 1 atom stereocenters. The zero-order chi connectivity index (χ0) is 38.4. The topological polar surface area (TPSA) is 179 Å². The van der Waals surface area contributed by atoms with E-state index in [1.807, 2.05) is 52.0 Å². The second-order valence-electron chi connectivity index (χ2n) is 14.8. The summed E-state index contributed by atoms with van der Waals surface area (Å²) in [6.45, 7) is 7.65. The van der Waals surface area contributed by atoms with E-state index in [1.165, 1.54) is 0 Å². The van der Waals surface area contributed by atoms with Crippen molar-refractivity contribution in [3.63, 3.8) is 0 Å². The zero-order valence-electron chi connectivity index (χ0n) is 32.3. The molecule has 2 aromatic carbocycles. The van der Waals surface area contributed by atoms with Gasteiger partial charge < -0.3 is 45.5 Å². The van der Waals surface area contributed by atoms with Crippen LogP contribution in [0.1, 0.15) is 87.1 Å². The number of carbonyl (C=O) groups is 2. The lowest BCUT2D eigenvalue weighted by Crippen LogP contribution is -2.37. The van der Waals surface area contributed by atoms with E-state index in [-0.39, 0.29) is 11.8 Å². The zero-order valence-corrected chi connectivity index (χ0v) is 32.3. The van der Waals surface area contributed by atoms with Crippen molar-refractivity contribution in [1.82, 2.24) is 15.6 Å². The van der Waals surface area contributed by atoms with Gasteiger partial charge in [0.15, 0.2) is 0 Å². The number of anilines is 4. The highest BCUT2D eigenvalue weighted by Crippen LogP contribution is 2.36. The molecular formula is C41H55N7O6. The summed E-state index contributed by atoms with van der Waals surface area (Å²) in [5, 5.41) is 21.0. The van der Waals surface area contributed by atoms with Gasteiger partial charge in [-0.2, -0.15) is 0 Å². The summed E-state index contributed by atoms with van der Waals surface area (Å²) in [6.07, 6.45) is 10.1. The van der Waals surface area contributed by atoms with Crippen molar-refractivity contribution in [3.05, 3.63) is 59.3 Å². The van der Waals surface area contributed by atoms with Crippen molar-refractivity contribution < 1.29 is 28.1 Å². The Hall–Kier alpha value is -4.88. The largest absolute Gasteiger partial charge is 0.397 e. The minimum absolute atomic E-state index is 0.0853. The average Bonchev–Trinajstić information content (AvgIpc) is 3.87. The molecule has 3 aliphatic rings. The standard InChI is InChI=1S/C23H30N4O4.C18H25N3O2/c1-13-22(14(2)31-27-13)15-4-9-18(24-16-5-7-17(30-3)8-6-16)20(12-15)26-23(29)19-10-11-21(28)25-19;1-11-18(12(2)23-21-11)13-4-9-17(16(19)10-13)20-14-5-7-15(22-3)8-6-14/h4,9,12,16-17,19,24H,5-8,10-11H2,1-3H3,(H,25,28)(H,26,29);4,9-10,14-15,20H,5-8,19H2,1-3H3/t16?,17?,19-;/m0./s1. The smallest absolute Gasteiger partial charge is 0.247 e. The maximum atomic E-state index is 12.8. The Balaban J connectivity index is 0.000000193. The quantitative estimate of drug-likeness (QED) is 0.102. The van der Waals surface area contributed by atoms with E-state index in [4.69, 9.17) is 24.3 Å². The SMILES string of the molecule is COC1CCC(Nc2ccc(-c3c(C)noc3C)cc2N)CC1.COC1CCC(Nc2ccc(-c3c(C)noc3C)cc2NC(=O)[C@@H]2CCC(=O)N2)CC1. The minimum atomic E-state index is -0.500. The van der Waals surface area contributed by atoms with Crippen LogP contribution < -0.4 is 27.0 Å². The number of rotatable bonds is 10. The molecule has 54 heavy (non-hydrogen) atoms. The normalized spacial score (nSPS) is 22.6. The second kappa shape index (κ2) is 17.5. The van der Waals surface area contributed by atoms with Crippen LogP contribution in [0, 0.1) is 27.7 Å². The van der Waals surface area contributed by atoms with Gasteiger partial charge in [-0.3, -0.25) is 9.59 Å². The Morgan fingerprint density at radius 2 is 1.22 bits per heavy atom. The van der Waals surface area contributed by atoms with E-state index in [0.29, 0.717) is 42.8 Å². The fourth-order valence-electron chi connectivity index (χ4n) is 7.93. The third-order valence-corrected chi connectivity index (χ3v) is 11.0. The molecule has 13 heteroatoms. The van der Waals surface area contributed by atoms with Crippen LogP contribution in [0.3, 0.4) is 0 Å². The number of nitrogens with one attached hydrogen (secondary N) is 4. The molecule has 3 fully saturated rings. The number of carbonyl (C=O) groups excluding carboxylic acids is 2. The van der Waals surface area contributed by atoms with Gasteiger partial charge in [0.05, 0.1) is 46.3 Å². The van der Waals surface area contributed by atoms with Gasteiger partial charge in [0, 0.05) is 43.9 Å². The maximum Gasteiger partial charge on any atom is 0.247 e. The van der Waals surface area contributed by atoms with Crippen LogP contribution in [0.25, 0.3) is 22.3 Å². The number of nitrogens with two attached hydrogens (primary N) is 1. The predicted octanol–water partition coefficient (Wildman–Crippen LogP) is 7.46. The molecule has 1 saturated heterocycles. The third kappa shape index (κ3) is 9.25. The van der Waals surface area contributed by atoms with Crippen molar-refractivity contribution in [1.29, 1.82) is 0 Å². The van der Waals surface area contributed by atoms with Gasteiger partial charge in [-0.05, 0) is 121 Å². The van der Waals surface area contributed by atoms with Crippen LogP contribution in [-0.4, -0.2) is 66.7 Å². The van der Waals surface area contributed by atoms with E-state index in [1.54, 1.807) is 14.2 Å². The number of aromatic nitrogens is 2. The van der Waals surface area contributed by atoms with Crippen molar-refractivity contribution in [2.45, 2.75) is 122 Å². The molecule has 0 unspecified atom stereocenters. The molecular weight excluding hydrogens is 686 g/mol. The summed E-state index contributed by atoms with van der Waals surface area (Å²) in [5.41, 5.74) is 15.2. The summed E-state index contributed by atoms with van der Waals surface area (Å²) in [4.78, 5) is 24.4. The molecule has 4 aromatic rings. The first kappa shape index (κ1) is 38.8. The molecule has 3 heterocycles. The molecule has 1 aliphatic heterocycles. The third-order valence-electron chi connectivity index (χ3n) is 11.0. The number of nitrogens with zero attached hydrogens (tertiary/aromatic N) is 2. The van der Waals surface area contributed by atoms with Gasteiger partial charge in [0.1, 0.15) is 17.6 Å². The fraction of sp³-hybridized carbons (Fsp3) is 0.512. The molecule has 0 spiro atoms. The highest BCUT2D eigenvalue weighted by molar-refractivity contribution is 6.01. The van der Waals surface area contributed by atoms with Crippen molar-refractivity contribution in [2.75, 3.05) is 35.9 Å². The molecule has 290 valence electrons. The maximum absolute atomic E-state index is 12.8. The highest BCUT2D eigenvalue weighted by Gasteiger charge is 2.29. The van der Waals surface area contributed by atoms with Crippen LogP contribution >= 0.6 is 0 Å². The summed E-state index contributed by atoms with van der Waals surface area (Å²) in [5.74, 6) is 1.27. The van der Waals surface area contributed by atoms with Crippen LogP contribution in [-0.2, 0) is 19.1 Å². The molecule has 2 saturated carbocycles. The van der Waals surface area contributed by atoms with Crippen LogP contribution in [0.4, 0.5) is 22.7 Å². The lowest BCUT2D eigenvalue weighted by molar-refractivity contribution is -0.122. The summed E-state index contributed by atoms with van der Waals surface area (Å²) >= 11 is 0. The second-order valence-corrected chi connectivity index (χ2v) is 14.8. The highest BCUT2D eigenvalue weighted by atomic mass is 16.5. The number of amides is 2. The molecule has 2 aliphatic carbocycles. The number of ether oxygens (including phenoxy) is 2. The van der Waals surface area contributed by atoms with E-state index in [0.717, 1.165) is 114 Å². The summed E-state index contributed by atoms with van der Waals surface area (Å²) in [6, 6.07) is 12.4. The van der Waals surface area contributed by atoms with Crippen LogP contribution in [0.2, 0.25) is 0 Å². The number of hydrogen-bond acceptors (Lipinski definition) is 11. The number of benzene rings is 2. The first-order valence-corrected chi connectivity index (χ1v) is 19.1. The molecule has 0 radical (unpaired) electrons. The number of nitrogen functional groups attached to an aromatic ring is 1. The lowest BCUT2D eigenvalue weighted by atomic mass is 9.92. The Bertz CT molecular complexity index is 1870. The van der Waals surface area contributed by atoms with Crippen molar-refractivity contribution >= 4 is 34.6 Å². The van der Waals surface area contributed by atoms with Gasteiger partial charge >= 0.3 is 0 Å². The number of hydrogen-bond donors (Lipinski definition) is 5. The predicted molar refractivity (Wildman–Crippen MR) is 210 cm³/mol. The van der Waals surface area contributed by atoms with E-state index >= 15 is 0 Å². The molecule has 2 amide bonds. The van der Waals surface area contributed by atoms with Gasteiger partial charge in [0.25, 0.3) is 0 Å². The van der Waals surface area contributed by atoms with Gasteiger partial charge in [-0.1, -0.05) is 22.4 Å². The number of methoxy groups -OCH3 is 2. The molecule has 6 N–H and O–H groups in total. The summed E-state index contributed by atoms with van der Waals surface area (Å²) in [7, 11) is 3.56. The Morgan fingerprint density at radius 3 is 1.67 bits per heavy atom. The lowest BCUT2D eigenvalue weighted by Gasteiger charge is -2.29. The van der Waals surface area contributed by atoms with Gasteiger partial charge in [0.2, 0.25) is 11.8 Å². The van der Waals surface area contributed by atoms with Crippen molar-refractivity contribution in [3.8, 4) is 22.3 Å². The first-order valence-electron chi connectivity index (χ1n) is 19.1. The average molecular weight is 742 g/mol. The monoisotopic (exact) mass is 741 g/mol. The Kier molecular flexibility index (Phi) is 12.6. The summed E-state index contributed by atoms with van der Waals surface area (Å²) < 4.78 is 21.5. The molecule has 0 bridgehead atoms. The Morgan fingerprint density at radius 1 is 0.722 bits per heavy atom. The van der Waals surface area contributed by atoms with Gasteiger partial charge in [-0.25, -0.2) is 0 Å². The van der Waals surface area contributed by atoms with E-state index in [2.05, 4.69) is 43.7 Å². The molecule has 2 aromatic heterocycles. The minimum Gasteiger partial charge on any atom is -0.397 e. The molecule has 7 rings (SSSR count). The number of aryl methyl sites for hydroxylation is 4. The van der Waals surface area contributed by atoms with E-state index in [9.17, 15) is 9.59 Å².